The molecule has 0 spiro atoms. The molecule has 1 N–H and O–H groups in total. The first-order valence-electron chi connectivity index (χ1n) is 3.05. The molecule has 0 radical (unpaired) electrons. The van der Waals surface area contributed by atoms with Crippen LogP contribution in [0.2, 0.25) is 5.15 Å². The zero-order valence-corrected chi connectivity index (χ0v) is 6.65. The van der Waals surface area contributed by atoms with E-state index < -0.39 is 11.5 Å². The highest BCUT2D eigenvalue weighted by Gasteiger charge is 2.13. The molecule has 1 heterocycles. The van der Waals surface area contributed by atoms with Crippen molar-refractivity contribution in [1.82, 2.24) is 4.98 Å². The monoisotopic (exact) mass is 188 g/mol. The van der Waals surface area contributed by atoms with Crippen molar-refractivity contribution in [3.63, 3.8) is 0 Å². The van der Waals surface area contributed by atoms with Crippen molar-refractivity contribution in [2.75, 3.05) is 0 Å². The number of aliphatic hydroxyl groups is 1. The van der Waals surface area contributed by atoms with Crippen molar-refractivity contribution in [2.24, 2.45) is 0 Å². The summed E-state index contributed by atoms with van der Waals surface area (Å²) >= 11 is 5.46. The van der Waals surface area contributed by atoms with E-state index in [1.54, 1.807) is 0 Å². The van der Waals surface area contributed by atoms with E-state index >= 15 is 0 Å². The zero-order chi connectivity index (χ0) is 9.14. The number of aromatic nitrogens is 1. The maximum absolute atomic E-state index is 10.3. The maximum atomic E-state index is 10.3. The van der Waals surface area contributed by atoms with E-state index in [9.17, 15) is 10.1 Å². The topological polar surface area (TPSA) is 76.3 Å². The van der Waals surface area contributed by atoms with Crippen LogP contribution in [0.1, 0.15) is 5.56 Å². The van der Waals surface area contributed by atoms with Crippen LogP contribution in [0.15, 0.2) is 12.3 Å². The second kappa shape index (κ2) is 3.46. The molecule has 1 aromatic heterocycles. The van der Waals surface area contributed by atoms with Gasteiger partial charge in [-0.25, -0.2) is 4.98 Å². The Labute approximate surface area is 72.8 Å². The second-order valence-electron chi connectivity index (χ2n) is 2.05. The van der Waals surface area contributed by atoms with Crippen LogP contribution in [0.25, 0.3) is 0 Å². The number of pyridine rings is 1. The van der Waals surface area contributed by atoms with Crippen molar-refractivity contribution in [3.05, 3.63) is 33.1 Å². The molecular formula is C6H5ClN2O3. The summed E-state index contributed by atoms with van der Waals surface area (Å²) in [6, 6.07) is 1.26. The van der Waals surface area contributed by atoms with E-state index in [1.165, 1.54) is 6.07 Å². The van der Waals surface area contributed by atoms with Crippen LogP contribution in [0.3, 0.4) is 0 Å². The van der Waals surface area contributed by atoms with Crippen LogP contribution in [-0.2, 0) is 6.61 Å². The normalized spacial score (nSPS) is 9.83. The largest absolute Gasteiger partial charge is 0.391 e. The lowest BCUT2D eigenvalue weighted by molar-refractivity contribution is -0.386. The molecule has 0 amide bonds. The van der Waals surface area contributed by atoms with Crippen LogP contribution >= 0.6 is 11.6 Å². The first-order chi connectivity index (χ1) is 5.65. The molecule has 12 heavy (non-hydrogen) atoms. The van der Waals surface area contributed by atoms with E-state index in [4.69, 9.17) is 16.7 Å². The first kappa shape index (κ1) is 8.89. The molecular weight excluding hydrogens is 184 g/mol. The molecule has 5 nitrogen and oxygen atoms in total. The molecule has 0 saturated carbocycles. The molecule has 1 aromatic rings. The summed E-state index contributed by atoms with van der Waals surface area (Å²) in [5.41, 5.74) is -0.0538. The number of hydrogen-bond donors (Lipinski definition) is 1. The van der Waals surface area contributed by atoms with Gasteiger partial charge in [-0.3, -0.25) is 10.1 Å². The third-order valence-electron chi connectivity index (χ3n) is 1.30. The summed E-state index contributed by atoms with van der Waals surface area (Å²) in [4.78, 5) is 13.2. The average Bonchev–Trinajstić information content (AvgIpc) is 2.03. The minimum atomic E-state index is -0.616. The van der Waals surface area contributed by atoms with Crippen molar-refractivity contribution in [1.29, 1.82) is 0 Å². The van der Waals surface area contributed by atoms with E-state index in [2.05, 4.69) is 4.98 Å². The number of aliphatic hydroxyl groups excluding tert-OH is 1. The van der Waals surface area contributed by atoms with Crippen molar-refractivity contribution < 1.29 is 10.0 Å². The van der Waals surface area contributed by atoms with Gasteiger partial charge in [0.25, 0.3) is 5.69 Å². The van der Waals surface area contributed by atoms with E-state index in [0.29, 0.717) is 0 Å². The van der Waals surface area contributed by atoms with E-state index in [-0.39, 0.29) is 16.4 Å². The Bertz CT molecular complexity index is 316. The van der Waals surface area contributed by atoms with Gasteiger partial charge in [0.05, 0.1) is 17.1 Å². The van der Waals surface area contributed by atoms with Crippen LogP contribution in [0.5, 0.6) is 0 Å². The smallest absolute Gasteiger partial charge is 0.293 e. The van der Waals surface area contributed by atoms with Crippen molar-refractivity contribution in [3.8, 4) is 0 Å². The number of halogens is 1. The molecule has 64 valence electrons. The predicted molar refractivity (Wildman–Crippen MR) is 41.8 cm³/mol. The average molecular weight is 189 g/mol. The fourth-order valence-electron chi connectivity index (χ4n) is 0.752. The van der Waals surface area contributed by atoms with Crippen molar-refractivity contribution >= 4 is 17.3 Å². The lowest BCUT2D eigenvalue weighted by Crippen LogP contribution is -1.96. The number of nitro groups is 1. The lowest BCUT2D eigenvalue weighted by atomic mass is 10.2. The fraction of sp³-hybridized carbons (Fsp3) is 0.167. The second-order valence-corrected chi connectivity index (χ2v) is 2.44. The molecule has 0 aliphatic rings. The number of hydrogen-bond acceptors (Lipinski definition) is 4. The van der Waals surface area contributed by atoms with Crippen LogP contribution in [0.4, 0.5) is 5.69 Å². The number of rotatable bonds is 2. The Balaban J connectivity index is 3.20. The van der Waals surface area contributed by atoms with E-state index in [1.807, 2.05) is 0 Å². The predicted octanol–water partition coefficient (Wildman–Crippen LogP) is 1.14. The summed E-state index contributed by atoms with van der Waals surface area (Å²) in [5.74, 6) is 0. The molecule has 0 aliphatic heterocycles. The van der Waals surface area contributed by atoms with Gasteiger partial charge in [-0.1, -0.05) is 11.6 Å². The number of nitrogens with zero attached hydrogens (tertiary/aromatic N) is 2. The van der Waals surface area contributed by atoms with Crippen LogP contribution in [-0.4, -0.2) is 15.0 Å². The third-order valence-corrected chi connectivity index (χ3v) is 1.51. The lowest BCUT2D eigenvalue weighted by Gasteiger charge is -1.97. The van der Waals surface area contributed by atoms with Gasteiger partial charge in [-0.2, -0.15) is 0 Å². The summed E-state index contributed by atoms with van der Waals surface area (Å²) in [7, 11) is 0. The molecule has 6 heteroatoms. The van der Waals surface area contributed by atoms with Gasteiger partial charge in [0, 0.05) is 0 Å². The standard InChI is InChI=1S/C6H5ClN2O3/c7-6-1-4(3-10)5(2-8-6)9(11)12/h1-2,10H,3H2. The van der Waals surface area contributed by atoms with Gasteiger partial charge in [0.2, 0.25) is 0 Å². The molecule has 0 aliphatic carbocycles. The Morgan fingerprint density at radius 3 is 2.92 bits per heavy atom. The summed E-state index contributed by atoms with van der Waals surface area (Å²) in [6.45, 7) is -0.418. The van der Waals surface area contributed by atoms with Gasteiger partial charge in [-0.05, 0) is 6.07 Å². The van der Waals surface area contributed by atoms with Crippen molar-refractivity contribution in [2.45, 2.75) is 6.61 Å². The molecule has 0 fully saturated rings. The van der Waals surface area contributed by atoms with Gasteiger partial charge >= 0.3 is 0 Å². The molecule has 0 aromatic carbocycles. The molecule has 1 rings (SSSR count). The summed E-state index contributed by atoms with van der Waals surface area (Å²) in [6.07, 6.45) is 1.02. The Kier molecular flexibility index (Phi) is 2.57. The van der Waals surface area contributed by atoms with Gasteiger partial charge in [0.15, 0.2) is 0 Å². The summed E-state index contributed by atoms with van der Waals surface area (Å²) in [5, 5.41) is 19.1. The minimum Gasteiger partial charge on any atom is -0.391 e. The first-order valence-corrected chi connectivity index (χ1v) is 3.42. The quantitative estimate of drug-likeness (QED) is 0.429. The Morgan fingerprint density at radius 2 is 2.42 bits per heavy atom. The third kappa shape index (κ3) is 1.69. The highest BCUT2D eigenvalue weighted by molar-refractivity contribution is 6.29. The minimum absolute atomic E-state index is 0.129. The summed E-state index contributed by atoms with van der Waals surface area (Å²) < 4.78 is 0. The Morgan fingerprint density at radius 1 is 1.75 bits per heavy atom. The highest BCUT2D eigenvalue weighted by atomic mass is 35.5. The molecule has 0 bridgehead atoms. The molecule has 0 atom stereocenters. The van der Waals surface area contributed by atoms with Gasteiger partial charge in [-0.15, -0.1) is 0 Å². The molecule has 0 saturated heterocycles. The zero-order valence-electron chi connectivity index (χ0n) is 5.90. The van der Waals surface area contributed by atoms with Crippen LogP contribution in [0, 0.1) is 10.1 Å². The van der Waals surface area contributed by atoms with Crippen LogP contribution < -0.4 is 0 Å². The SMILES string of the molecule is O=[N+]([O-])c1cnc(Cl)cc1CO. The maximum Gasteiger partial charge on any atom is 0.293 e. The van der Waals surface area contributed by atoms with Gasteiger partial charge < -0.3 is 5.11 Å². The highest BCUT2D eigenvalue weighted by Crippen LogP contribution is 2.19. The fourth-order valence-corrected chi connectivity index (χ4v) is 0.932. The van der Waals surface area contributed by atoms with Gasteiger partial charge in [0.1, 0.15) is 11.3 Å². The Hall–Kier alpha value is -1.20. The molecule has 0 unspecified atom stereocenters. The van der Waals surface area contributed by atoms with E-state index in [0.717, 1.165) is 6.20 Å².